The summed E-state index contributed by atoms with van der Waals surface area (Å²) in [5, 5.41) is 6.60. The molecule has 0 saturated carbocycles. The number of benzene rings is 1. The lowest BCUT2D eigenvalue weighted by Gasteiger charge is -2.32. The second kappa shape index (κ2) is 7.62. The van der Waals surface area contributed by atoms with Crippen molar-refractivity contribution in [3.05, 3.63) is 29.3 Å². The number of para-hydroxylation sites is 1. The molecule has 1 atom stereocenters. The van der Waals surface area contributed by atoms with E-state index in [2.05, 4.69) is 22.6 Å². The highest BCUT2D eigenvalue weighted by atomic mass is 35.5. The van der Waals surface area contributed by atoms with Crippen molar-refractivity contribution in [1.82, 2.24) is 10.2 Å². The summed E-state index contributed by atoms with van der Waals surface area (Å²) in [6.45, 7) is 2.32. The van der Waals surface area contributed by atoms with E-state index < -0.39 is 0 Å². The van der Waals surface area contributed by atoms with Gasteiger partial charge in [-0.2, -0.15) is 0 Å². The first kappa shape index (κ1) is 15.3. The number of rotatable bonds is 5. The molecule has 1 aliphatic rings. The predicted octanol–water partition coefficient (Wildman–Crippen LogP) is 2.35. The van der Waals surface area contributed by atoms with Crippen LogP contribution in [-0.4, -0.2) is 43.5 Å². The molecule has 20 heavy (non-hydrogen) atoms. The van der Waals surface area contributed by atoms with Crippen LogP contribution in [0.25, 0.3) is 0 Å². The standard InChI is InChI=1S/C15H22ClN3O/c1-19-9-5-4-6-12(19)10-17-11-15(20)18-14-8-3-2-7-13(14)16/h2-3,7-8,12,17H,4-6,9-11H2,1H3,(H,18,20). The molecule has 0 radical (unpaired) electrons. The van der Waals surface area contributed by atoms with E-state index in [1.165, 1.54) is 19.3 Å². The van der Waals surface area contributed by atoms with Crippen LogP contribution in [0, 0.1) is 0 Å². The highest BCUT2D eigenvalue weighted by Crippen LogP contribution is 2.20. The number of carbonyl (C=O) groups excluding carboxylic acids is 1. The topological polar surface area (TPSA) is 44.4 Å². The summed E-state index contributed by atoms with van der Waals surface area (Å²) >= 11 is 6.00. The number of likely N-dealkylation sites (N-methyl/N-ethyl adjacent to an activating group) is 1. The molecule has 1 fully saturated rings. The molecule has 1 unspecified atom stereocenters. The van der Waals surface area contributed by atoms with Gasteiger partial charge >= 0.3 is 0 Å². The average molecular weight is 296 g/mol. The van der Waals surface area contributed by atoms with Crippen molar-refractivity contribution in [2.45, 2.75) is 25.3 Å². The first-order valence-corrected chi connectivity index (χ1v) is 7.50. The predicted molar refractivity (Wildman–Crippen MR) is 83.2 cm³/mol. The van der Waals surface area contributed by atoms with E-state index in [4.69, 9.17) is 11.6 Å². The van der Waals surface area contributed by atoms with Gasteiger partial charge in [0, 0.05) is 12.6 Å². The van der Waals surface area contributed by atoms with Gasteiger partial charge < -0.3 is 15.5 Å². The van der Waals surface area contributed by atoms with Crippen molar-refractivity contribution in [2.24, 2.45) is 0 Å². The van der Waals surface area contributed by atoms with Crippen LogP contribution >= 0.6 is 11.6 Å². The Morgan fingerprint density at radius 2 is 2.20 bits per heavy atom. The van der Waals surface area contributed by atoms with Crippen LogP contribution in [0.2, 0.25) is 5.02 Å². The Balaban J connectivity index is 1.71. The number of nitrogens with zero attached hydrogens (tertiary/aromatic N) is 1. The molecule has 1 saturated heterocycles. The molecule has 0 aromatic heterocycles. The molecule has 1 aliphatic heterocycles. The lowest BCUT2D eigenvalue weighted by Crippen LogP contribution is -2.44. The van der Waals surface area contributed by atoms with Gasteiger partial charge in [0.1, 0.15) is 0 Å². The fourth-order valence-electron chi connectivity index (χ4n) is 2.51. The highest BCUT2D eigenvalue weighted by Gasteiger charge is 2.18. The maximum Gasteiger partial charge on any atom is 0.238 e. The van der Waals surface area contributed by atoms with E-state index in [0.29, 0.717) is 23.3 Å². The van der Waals surface area contributed by atoms with Gasteiger partial charge in [0.15, 0.2) is 0 Å². The third-order valence-electron chi connectivity index (χ3n) is 3.73. The van der Waals surface area contributed by atoms with Crippen LogP contribution in [0.3, 0.4) is 0 Å². The van der Waals surface area contributed by atoms with E-state index in [0.717, 1.165) is 13.1 Å². The number of hydrogen-bond acceptors (Lipinski definition) is 3. The van der Waals surface area contributed by atoms with E-state index >= 15 is 0 Å². The lowest BCUT2D eigenvalue weighted by atomic mass is 10.0. The Bertz CT molecular complexity index is 452. The number of halogens is 1. The number of nitrogens with one attached hydrogen (secondary N) is 2. The Hall–Kier alpha value is -1.10. The van der Waals surface area contributed by atoms with Crippen LogP contribution in [-0.2, 0) is 4.79 Å². The van der Waals surface area contributed by atoms with Gasteiger partial charge in [-0.15, -0.1) is 0 Å². The third kappa shape index (κ3) is 4.47. The summed E-state index contributed by atoms with van der Waals surface area (Å²) < 4.78 is 0. The molecule has 5 heteroatoms. The van der Waals surface area contributed by atoms with Crippen LogP contribution in [0.1, 0.15) is 19.3 Å². The minimum atomic E-state index is -0.0587. The molecular formula is C15H22ClN3O. The molecule has 2 rings (SSSR count). The Kier molecular flexibility index (Phi) is 5.83. The molecule has 4 nitrogen and oxygen atoms in total. The summed E-state index contributed by atoms with van der Waals surface area (Å²) in [5.74, 6) is -0.0587. The number of likely N-dealkylation sites (tertiary alicyclic amines) is 1. The second-order valence-corrected chi connectivity index (χ2v) is 5.70. The SMILES string of the molecule is CN1CCCCC1CNCC(=O)Nc1ccccc1Cl. The summed E-state index contributed by atoms with van der Waals surface area (Å²) in [5.41, 5.74) is 0.663. The largest absolute Gasteiger partial charge is 0.324 e. The van der Waals surface area contributed by atoms with Gasteiger partial charge in [0.2, 0.25) is 5.91 Å². The summed E-state index contributed by atoms with van der Waals surface area (Å²) in [7, 11) is 2.15. The number of hydrogen-bond donors (Lipinski definition) is 2. The monoisotopic (exact) mass is 295 g/mol. The van der Waals surface area contributed by atoms with Crippen LogP contribution in [0.4, 0.5) is 5.69 Å². The molecule has 0 aliphatic carbocycles. The first-order valence-electron chi connectivity index (χ1n) is 7.12. The molecule has 1 aromatic rings. The summed E-state index contributed by atoms with van der Waals surface area (Å²) in [4.78, 5) is 14.2. The Morgan fingerprint density at radius 1 is 1.40 bits per heavy atom. The maximum atomic E-state index is 11.8. The van der Waals surface area contributed by atoms with Gasteiger partial charge in [-0.3, -0.25) is 4.79 Å². The molecule has 1 amide bonds. The molecular weight excluding hydrogens is 274 g/mol. The third-order valence-corrected chi connectivity index (χ3v) is 4.06. The van der Waals surface area contributed by atoms with Crippen molar-refractivity contribution in [3.63, 3.8) is 0 Å². The minimum Gasteiger partial charge on any atom is -0.324 e. The van der Waals surface area contributed by atoms with Crippen LogP contribution < -0.4 is 10.6 Å². The molecule has 2 N–H and O–H groups in total. The van der Waals surface area contributed by atoms with Gasteiger partial charge in [-0.25, -0.2) is 0 Å². The van der Waals surface area contributed by atoms with Crippen LogP contribution in [0.5, 0.6) is 0 Å². The van der Waals surface area contributed by atoms with Crippen molar-refractivity contribution in [2.75, 3.05) is 32.0 Å². The van der Waals surface area contributed by atoms with Crippen molar-refractivity contribution >= 4 is 23.2 Å². The zero-order valence-corrected chi connectivity index (χ0v) is 12.6. The lowest BCUT2D eigenvalue weighted by molar-refractivity contribution is -0.115. The number of amides is 1. The first-order chi connectivity index (χ1) is 9.66. The van der Waals surface area contributed by atoms with Crippen molar-refractivity contribution in [1.29, 1.82) is 0 Å². The maximum absolute atomic E-state index is 11.8. The van der Waals surface area contributed by atoms with E-state index in [1.54, 1.807) is 12.1 Å². The normalized spacial score (nSPS) is 19.8. The second-order valence-electron chi connectivity index (χ2n) is 5.29. The van der Waals surface area contributed by atoms with Gasteiger partial charge in [-0.1, -0.05) is 30.2 Å². The fraction of sp³-hybridized carbons (Fsp3) is 0.533. The minimum absolute atomic E-state index is 0.0587. The zero-order valence-electron chi connectivity index (χ0n) is 11.9. The smallest absolute Gasteiger partial charge is 0.238 e. The van der Waals surface area contributed by atoms with Crippen LogP contribution in [0.15, 0.2) is 24.3 Å². The quantitative estimate of drug-likeness (QED) is 0.876. The number of carbonyl (C=O) groups is 1. The average Bonchev–Trinajstić information content (AvgIpc) is 2.43. The Labute approximate surface area is 125 Å². The molecule has 1 heterocycles. The number of piperidine rings is 1. The van der Waals surface area contributed by atoms with Crippen molar-refractivity contribution < 1.29 is 4.79 Å². The fourth-order valence-corrected chi connectivity index (χ4v) is 2.69. The molecule has 110 valence electrons. The summed E-state index contributed by atoms with van der Waals surface area (Å²) in [6, 6.07) is 7.80. The van der Waals surface area contributed by atoms with E-state index in [-0.39, 0.29) is 5.91 Å². The van der Waals surface area contributed by atoms with Crippen molar-refractivity contribution in [3.8, 4) is 0 Å². The van der Waals surface area contributed by atoms with E-state index in [1.807, 2.05) is 12.1 Å². The highest BCUT2D eigenvalue weighted by molar-refractivity contribution is 6.33. The van der Waals surface area contributed by atoms with Gasteiger partial charge in [0.05, 0.1) is 17.3 Å². The summed E-state index contributed by atoms with van der Waals surface area (Å²) in [6.07, 6.45) is 3.76. The van der Waals surface area contributed by atoms with Gasteiger partial charge in [0.25, 0.3) is 0 Å². The van der Waals surface area contributed by atoms with Gasteiger partial charge in [-0.05, 0) is 38.6 Å². The molecule has 0 spiro atoms. The molecule has 0 bridgehead atoms. The number of anilines is 1. The van der Waals surface area contributed by atoms with E-state index in [9.17, 15) is 4.79 Å². The zero-order chi connectivity index (χ0) is 14.4. The Morgan fingerprint density at radius 3 is 2.95 bits per heavy atom. The molecule has 1 aromatic carbocycles.